The van der Waals surface area contributed by atoms with Gasteiger partial charge in [0.15, 0.2) is 0 Å². The average Bonchev–Trinajstić information content (AvgIpc) is 2.26. The average molecular weight is 215 g/mol. The van der Waals surface area contributed by atoms with Gasteiger partial charge in [0.1, 0.15) is 0 Å². The number of nitrogens with zero attached hydrogens (tertiary/aromatic N) is 1. The van der Waals surface area contributed by atoms with Gasteiger partial charge in [-0.05, 0) is 25.4 Å². The molecule has 4 heteroatoms. The molecule has 0 bridgehead atoms. The summed E-state index contributed by atoms with van der Waals surface area (Å²) in [5.41, 5.74) is 2.15. The molecule has 0 saturated carbocycles. The highest BCUT2D eigenvalue weighted by Gasteiger charge is 2.07. The maximum absolute atomic E-state index is 10.9. The number of rotatable bonds is 8. The molecule has 0 aliphatic rings. The van der Waals surface area contributed by atoms with E-state index < -0.39 is 0 Å². The fourth-order valence-electron chi connectivity index (χ4n) is 1.48. The summed E-state index contributed by atoms with van der Waals surface area (Å²) in [7, 11) is 0. The standard InChI is InChI=1S/C11H25N3O/c1-4-10(3)9-14(5-2)8-6-7-11(15)13-12/h10H,4-9,12H2,1-3H3,(H,13,15). The Balaban J connectivity index is 3.65. The van der Waals surface area contributed by atoms with E-state index in [0.29, 0.717) is 6.42 Å². The van der Waals surface area contributed by atoms with Gasteiger partial charge in [0.25, 0.3) is 0 Å². The second-order valence-electron chi connectivity index (χ2n) is 4.08. The van der Waals surface area contributed by atoms with E-state index in [1.807, 2.05) is 0 Å². The molecule has 0 saturated heterocycles. The Labute approximate surface area is 93.2 Å². The topological polar surface area (TPSA) is 58.4 Å². The molecule has 4 nitrogen and oxygen atoms in total. The maximum Gasteiger partial charge on any atom is 0.233 e. The van der Waals surface area contributed by atoms with Crippen LogP contribution in [0.15, 0.2) is 0 Å². The number of amides is 1. The number of hydrazine groups is 1. The summed E-state index contributed by atoms with van der Waals surface area (Å²) in [6.07, 6.45) is 2.61. The number of carbonyl (C=O) groups excluding carboxylic acids is 1. The molecule has 0 aliphatic heterocycles. The summed E-state index contributed by atoms with van der Waals surface area (Å²) in [4.78, 5) is 13.3. The third kappa shape index (κ3) is 7.33. The van der Waals surface area contributed by atoms with E-state index in [1.165, 1.54) is 6.42 Å². The largest absolute Gasteiger partial charge is 0.303 e. The quantitative estimate of drug-likeness (QED) is 0.362. The summed E-state index contributed by atoms with van der Waals surface area (Å²) >= 11 is 0. The number of hydrogen-bond acceptors (Lipinski definition) is 3. The highest BCUT2D eigenvalue weighted by molar-refractivity contribution is 5.75. The molecular weight excluding hydrogens is 190 g/mol. The first-order valence-electron chi connectivity index (χ1n) is 5.85. The summed E-state index contributed by atoms with van der Waals surface area (Å²) in [5, 5.41) is 0. The van der Waals surface area contributed by atoms with Crippen molar-refractivity contribution in [1.82, 2.24) is 10.3 Å². The first-order valence-corrected chi connectivity index (χ1v) is 5.85. The van der Waals surface area contributed by atoms with Gasteiger partial charge >= 0.3 is 0 Å². The lowest BCUT2D eigenvalue weighted by Crippen LogP contribution is -2.32. The predicted octanol–water partition coefficient (Wildman–Crippen LogP) is 1.12. The van der Waals surface area contributed by atoms with Crippen LogP contribution < -0.4 is 11.3 Å². The van der Waals surface area contributed by atoms with Crippen molar-refractivity contribution in [3.05, 3.63) is 0 Å². The lowest BCUT2D eigenvalue weighted by molar-refractivity contribution is -0.121. The summed E-state index contributed by atoms with van der Waals surface area (Å²) in [5.74, 6) is 5.67. The number of nitrogens with two attached hydrogens (primary N) is 1. The second-order valence-corrected chi connectivity index (χ2v) is 4.08. The summed E-state index contributed by atoms with van der Waals surface area (Å²) in [6.45, 7) is 9.78. The Morgan fingerprint density at radius 2 is 2.13 bits per heavy atom. The van der Waals surface area contributed by atoms with E-state index in [0.717, 1.165) is 32.0 Å². The van der Waals surface area contributed by atoms with Crippen molar-refractivity contribution >= 4 is 5.91 Å². The van der Waals surface area contributed by atoms with Gasteiger partial charge in [-0.3, -0.25) is 10.2 Å². The zero-order valence-corrected chi connectivity index (χ0v) is 10.3. The minimum absolute atomic E-state index is 0.0745. The Morgan fingerprint density at radius 1 is 1.47 bits per heavy atom. The number of carbonyl (C=O) groups is 1. The van der Waals surface area contributed by atoms with Gasteiger partial charge in [-0.15, -0.1) is 0 Å². The Kier molecular flexibility index (Phi) is 8.33. The van der Waals surface area contributed by atoms with Crippen LogP contribution in [-0.2, 0) is 4.79 Å². The van der Waals surface area contributed by atoms with Crippen LogP contribution in [0.1, 0.15) is 40.0 Å². The van der Waals surface area contributed by atoms with Gasteiger partial charge in [0, 0.05) is 13.0 Å². The molecule has 0 rings (SSSR count). The van der Waals surface area contributed by atoms with Gasteiger partial charge < -0.3 is 4.90 Å². The fraction of sp³-hybridized carbons (Fsp3) is 0.909. The van der Waals surface area contributed by atoms with Crippen molar-refractivity contribution in [2.75, 3.05) is 19.6 Å². The highest BCUT2D eigenvalue weighted by Crippen LogP contribution is 2.05. The molecule has 0 spiro atoms. The van der Waals surface area contributed by atoms with Crippen LogP contribution in [0.3, 0.4) is 0 Å². The van der Waals surface area contributed by atoms with E-state index in [2.05, 4.69) is 31.1 Å². The Morgan fingerprint density at radius 3 is 2.60 bits per heavy atom. The highest BCUT2D eigenvalue weighted by atomic mass is 16.2. The maximum atomic E-state index is 10.9. The number of nitrogens with one attached hydrogen (secondary N) is 1. The molecule has 1 amide bonds. The van der Waals surface area contributed by atoms with Gasteiger partial charge in [0.05, 0.1) is 0 Å². The second kappa shape index (κ2) is 8.68. The molecule has 0 aliphatic carbocycles. The van der Waals surface area contributed by atoms with E-state index in [-0.39, 0.29) is 5.91 Å². The molecule has 0 aromatic rings. The molecule has 0 radical (unpaired) electrons. The molecule has 3 N–H and O–H groups in total. The van der Waals surface area contributed by atoms with E-state index >= 15 is 0 Å². The normalized spacial score (nSPS) is 12.9. The van der Waals surface area contributed by atoms with Crippen molar-refractivity contribution in [2.45, 2.75) is 40.0 Å². The third-order valence-corrected chi connectivity index (χ3v) is 2.75. The van der Waals surface area contributed by atoms with Crippen molar-refractivity contribution in [1.29, 1.82) is 0 Å². The van der Waals surface area contributed by atoms with E-state index in [1.54, 1.807) is 0 Å². The molecule has 90 valence electrons. The van der Waals surface area contributed by atoms with Crippen LogP contribution >= 0.6 is 0 Å². The molecule has 0 aromatic carbocycles. The smallest absolute Gasteiger partial charge is 0.233 e. The van der Waals surface area contributed by atoms with Crippen LogP contribution in [0.5, 0.6) is 0 Å². The molecular formula is C11H25N3O. The Bertz CT molecular complexity index is 173. The molecule has 1 atom stereocenters. The Hall–Kier alpha value is -0.610. The molecule has 0 heterocycles. The van der Waals surface area contributed by atoms with Crippen LogP contribution in [0.4, 0.5) is 0 Å². The summed E-state index contributed by atoms with van der Waals surface area (Å²) in [6, 6.07) is 0. The molecule has 1 unspecified atom stereocenters. The monoisotopic (exact) mass is 215 g/mol. The SMILES string of the molecule is CCC(C)CN(CC)CCCC(=O)NN. The minimum atomic E-state index is -0.0745. The first-order chi connectivity index (χ1) is 7.13. The van der Waals surface area contributed by atoms with Gasteiger partial charge in [-0.1, -0.05) is 27.2 Å². The fourth-order valence-corrected chi connectivity index (χ4v) is 1.48. The molecule has 0 fully saturated rings. The lowest BCUT2D eigenvalue weighted by atomic mass is 10.1. The first kappa shape index (κ1) is 14.4. The van der Waals surface area contributed by atoms with E-state index in [4.69, 9.17) is 5.84 Å². The molecule has 0 aromatic heterocycles. The van der Waals surface area contributed by atoms with Crippen molar-refractivity contribution in [2.24, 2.45) is 11.8 Å². The van der Waals surface area contributed by atoms with Crippen molar-refractivity contribution in [3.8, 4) is 0 Å². The van der Waals surface area contributed by atoms with Gasteiger partial charge in [0.2, 0.25) is 5.91 Å². The summed E-state index contributed by atoms with van der Waals surface area (Å²) < 4.78 is 0. The van der Waals surface area contributed by atoms with Crippen molar-refractivity contribution in [3.63, 3.8) is 0 Å². The zero-order valence-electron chi connectivity index (χ0n) is 10.3. The van der Waals surface area contributed by atoms with Crippen molar-refractivity contribution < 1.29 is 4.79 Å². The number of hydrogen-bond donors (Lipinski definition) is 2. The van der Waals surface area contributed by atoms with Gasteiger partial charge in [-0.25, -0.2) is 5.84 Å². The minimum Gasteiger partial charge on any atom is -0.303 e. The van der Waals surface area contributed by atoms with Gasteiger partial charge in [-0.2, -0.15) is 0 Å². The predicted molar refractivity (Wildman–Crippen MR) is 63.1 cm³/mol. The zero-order chi connectivity index (χ0) is 11.7. The molecule has 15 heavy (non-hydrogen) atoms. The van der Waals surface area contributed by atoms with Crippen LogP contribution in [0.25, 0.3) is 0 Å². The van der Waals surface area contributed by atoms with E-state index in [9.17, 15) is 4.79 Å². The van der Waals surface area contributed by atoms with Crippen LogP contribution in [0.2, 0.25) is 0 Å². The third-order valence-electron chi connectivity index (χ3n) is 2.75. The van der Waals surface area contributed by atoms with Crippen LogP contribution in [0, 0.1) is 5.92 Å². The lowest BCUT2D eigenvalue weighted by Gasteiger charge is -2.23. The van der Waals surface area contributed by atoms with Crippen LogP contribution in [-0.4, -0.2) is 30.4 Å².